The van der Waals surface area contributed by atoms with Crippen LogP contribution >= 0.6 is 24.0 Å². The molecule has 22 heavy (non-hydrogen) atoms. The third-order valence-electron chi connectivity index (χ3n) is 4.21. The number of ether oxygens (including phenoxy) is 1. The summed E-state index contributed by atoms with van der Waals surface area (Å²) in [6.45, 7) is 4.48. The van der Waals surface area contributed by atoms with Crippen molar-refractivity contribution in [2.45, 2.75) is 70.4 Å². The van der Waals surface area contributed by atoms with E-state index in [0.717, 1.165) is 38.5 Å². The minimum absolute atomic E-state index is 0. The van der Waals surface area contributed by atoms with E-state index in [2.05, 4.69) is 34.7 Å². The van der Waals surface area contributed by atoms with Gasteiger partial charge >= 0.3 is 0 Å². The monoisotopic (exact) mass is 421 g/mol. The number of halogens is 1. The molecule has 4 nitrogen and oxygen atoms in total. The van der Waals surface area contributed by atoms with Crippen molar-refractivity contribution >= 4 is 29.9 Å². The van der Waals surface area contributed by atoms with Gasteiger partial charge in [0, 0.05) is 12.6 Å². The molecule has 0 atom stereocenters. The highest BCUT2D eigenvalue weighted by Gasteiger charge is 2.13. The third-order valence-corrected chi connectivity index (χ3v) is 4.21. The zero-order chi connectivity index (χ0) is 14.8. The van der Waals surface area contributed by atoms with Crippen LogP contribution in [0.5, 0.6) is 0 Å². The molecule has 0 aromatic heterocycles. The number of rotatable bonds is 6. The van der Waals surface area contributed by atoms with Crippen molar-refractivity contribution < 1.29 is 4.74 Å². The van der Waals surface area contributed by atoms with E-state index in [1.54, 1.807) is 0 Å². The molecule has 2 aliphatic carbocycles. The van der Waals surface area contributed by atoms with E-state index in [0.29, 0.717) is 12.1 Å². The predicted molar refractivity (Wildman–Crippen MR) is 104 cm³/mol. The van der Waals surface area contributed by atoms with Crippen molar-refractivity contribution in [2.24, 2.45) is 4.99 Å². The van der Waals surface area contributed by atoms with E-state index < -0.39 is 0 Å². The number of hydrogen-bond acceptors (Lipinski definition) is 2. The molecule has 2 rings (SSSR count). The van der Waals surface area contributed by atoms with Gasteiger partial charge in [-0.25, -0.2) is 0 Å². The second kappa shape index (κ2) is 12.2. The molecule has 0 unspecified atom stereocenters. The van der Waals surface area contributed by atoms with Gasteiger partial charge in [0.25, 0.3) is 0 Å². The van der Waals surface area contributed by atoms with Crippen LogP contribution in [0.2, 0.25) is 0 Å². The highest BCUT2D eigenvalue weighted by Crippen LogP contribution is 2.19. The molecule has 5 heteroatoms. The Morgan fingerprint density at radius 3 is 2.45 bits per heavy atom. The molecule has 0 spiro atoms. The van der Waals surface area contributed by atoms with Gasteiger partial charge in [-0.1, -0.05) is 37.8 Å². The molecule has 0 radical (unpaired) electrons. The normalized spacial score (nSPS) is 20.5. The number of guanidine groups is 1. The number of hydrogen-bond donors (Lipinski definition) is 2. The largest absolute Gasteiger partial charge is 0.376 e. The maximum absolute atomic E-state index is 5.99. The van der Waals surface area contributed by atoms with Crippen molar-refractivity contribution in [2.75, 3.05) is 19.7 Å². The summed E-state index contributed by atoms with van der Waals surface area (Å²) < 4.78 is 5.99. The van der Waals surface area contributed by atoms with Crippen molar-refractivity contribution in [1.82, 2.24) is 10.6 Å². The van der Waals surface area contributed by atoms with Crippen LogP contribution < -0.4 is 10.6 Å². The predicted octanol–water partition coefficient (Wildman–Crippen LogP) is 3.62. The van der Waals surface area contributed by atoms with Crippen LogP contribution in [-0.4, -0.2) is 37.8 Å². The van der Waals surface area contributed by atoms with Gasteiger partial charge in [-0.3, -0.25) is 4.99 Å². The molecule has 2 aliphatic rings. The Kier molecular flexibility index (Phi) is 10.9. The number of nitrogens with zero attached hydrogens (tertiary/aromatic N) is 1. The van der Waals surface area contributed by atoms with Crippen LogP contribution in [0.4, 0.5) is 0 Å². The minimum atomic E-state index is 0. The van der Waals surface area contributed by atoms with Crippen LogP contribution in [0, 0.1) is 0 Å². The lowest BCUT2D eigenvalue weighted by Gasteiger charge is -2.17. The van der Waals surface area contributed by atoms with Gasteiger partial charge < -0.3 is 15.4 Å². The van der Waals surface area contributed by atoms with Crippen LogP contribution in [0.1, 0.15) is 58.3 Å². The highest BCUT2D eigenvalue weighted by molar-refractivity contribution is 14.0. The number of nitrogens with one attached hydrogen (secondary N) is 2. The quantitative estimate of drug-likeness (QED) is 0.172. The zero-order valence-electron chi connectivity index (χ0n) is 13.9. The first-order valence-electron chi connectivity index (χ1n) is 8.70. The lowest BCUT2D eigenvalue weighted by Crippen LogP contribution is -2.42. The third kappa shape index (κ3) is 7.81. The molecule has 0 amide bonds. The number of aliphatic imine (C=N–C) groups is 1. The molecule has 1 saturated carbocycles. The summed E-state index contributed by atoms with van der Waals surface area (Å²) >= 11 is 0. The van der Waals surface area contributed by atoms with Gasteiger partial charge in [-0.15, -0.1) is 24.0 Å². The van der Waals surface area contributed by atoms with E-state index in [-0.39, 0.29) is 24.0 Å². The molecule has 0 aromatic carbocycles. The Bertz CT molecular complexity index is 331. The zero-order valence-corrected chi connectivity index (χ0v) is 16.2. The van der Waals surface area contributed by atoms with Crippen LogP contribution in [-0.2, 0) is 4.74 Å². The summed E-state index contributed by atoms with van der Waals surface area (Å²) in [4.78, 5) is 4.63. The van der Waals surface area contributed by atoms with Gasteiger partial charge in [0.2, 0.25) is 0 Å². The van der Waals surface area contributed by atoms with E-state index in [9.17, 15) is 0 Å². The van der Waals surface area contributed by atoms with Crippen molar-refractivity contribution in [1.29, 1.82) is 0 Å². The van der Waals surface area contributed by atoms with Gasteiger partial charge in [-0.2, -0.15) is 0 Å². The average Bonchev–Trinajstić information content (AvgIpc) is 2.85. The topological polar surface area (TPSA) is 45.7 Å². The smallest absolute Gasteiger partial charge is 0.191 e. The molecular weight excluding hydrogens is 389 g/mol. The summed E-state index contributed by atoms with van der Waals surface area (Å²) in [6.07, 6.45) is 15.0. The van der Waals surface area contributed by atoms with E-state index in [4.69, 9.17) is 4.74 Å². The first kappa shape index (κ1) is 19.7. The maximum atomic E-state index is 5.99. The second-order valence-corrected chi connectivity index (χ2v) is 6.03. The highest BCUT2D eigenvalue weighted by atomic mass is 127. The van der Waals surface area contributed by atoms with Crippen molar-refractivity contribution in [3.8, 4) is 0 Å². The van der Waals surface area contributed by atoms with Gasteiger partial charge in [0.05, 0.1) is 19.3 Å². The Morgan fingerprint density at radius 2 is 1.82 bits per heavy atom. The summed E-state index contributed by atoms with van der Waals surface area (Å²) in [7, 11) is 0. The summed E-state index contributed by atoms with van der Waals surface area (Å²) in [5, 5.41) is 6.80. The fourth-order valence-corrected chi connectivity index (χ4v) is 3.03. The molecular formula is C17H32IN3O. The molecule has 1 fully saturated rings. The average molecular weight is 421 g/mol. The first-order valence-corrected chi connectivity index (χ1v) is 8.70. The second-order valence-electron chi connectivity index (χ2n) is 6.03. The van der Waals surface area contributed by atoms with E-state index in [1.165, 1.54) is 38.5 Å². The summed E-state index contributed by atoms with van der Waals surface area (Å²) in [5.74, 6) is 0.927. The Balaban J connectivity index is 0.00000242. The van der Waals surface area contributed by atoms with Crippen LogP contribution in [0.25, 0.3) is 0 Å². The first-order chi connectivity index (χ1) is 10.4. The summed E-state index contributed by atoms with van der Waals surface area (Å²) in [5.41, 5.74) is 0. The minimum Gasteiger partial charge on any atom is -0.376 e. The van der Waals surface area contributed by atoms with Crippen LogP contribution in [0.3, 0.4) is 0 Å². The molecule has 0 aromatic rings. The van der Waals surface area contributed by atoms with Crippen molar-refractivity contribution in [3.05, 3.63) is 12.2 Å². The lowest BCUT2D eigenvalue weighted by atomic mass is 10.1. The lowest BCUT2D eigenvalue weighted by molar-refractivity contribution is 0.0487. The van der Waals surface area contributed by atoms with Gasteiger partial charge in [0.1, 0.15) is 0 Å². The SMILES string of the molecule is CCNC(=NCCOC1CCCCCC1)NC1CC=CC1.I. The molecule has 2 N–H and O–H groups in total. The molecule has 0 heterocycles. The maximum Gasteiger partial charge on any atom is 0.191 e. The fraction of sp³-hybridized carbons (Fsp3) is 0.824. The van der Waals surface area contributed by atoms with Crippen molar-refractivity contribution in [3.63, 3.8) is 0 Å². The standard InChI is InChI=1S/C17H31N3O.HI/c1-2-18-17(20-15-9-7-8-10-15)19-13-14-21-16-11-5-3-4-6-12-16;/h7-8,15-16H,2-6,9-14H2,1H3,(H2,18,19,20);1H. The van der Waals surface area contributed by atoms with Gasteiger partial charge in [0.15, 0.2) is 5.96 Å². The Morgan fingerprint density at radius 1 is 1.14 bits per heavy atom. The summed E-state index contributed by atoms with van der Waals surface area (Å²) in [6, 6.07) is 0.505. The molecule has 0 aliphatic heterocycles. The van der Waals surface area contributed by atoms with E-state index >= 15 is 0 Å². The van der Waals surface area contributed by atoms with Gasteiger partial charge in [-0.05, 0) is 32.6 Å². The molecule has 0 saturated heterocycles. The Labute approximate surface area is 152 Å². The van der Waals surface area contributed by atoms with Crippen LogP contribution in [0.15, 0.2) is 17.1 Å². The Hall–Kier alpha value is -0.300. The fourth-order valence-electron chi connectivity index (χ4n) is 3.03. The molecule has 128 valence electrons. The molecule has 0 bridgehead atoms. The van der Waals surface area contributed by atoms with E-state index in [1.807, 2.05) is 0 Å².